The van der Waals surface area contributed by atoms with E-state index in [4.69, 9.17) is 9.94 Å². The molecule has 0 fully saturated rings. The van der Waals surface area contributed by atoms with Crippen LogP contribution in [0, 0.1) is 24.4 Å². The second-order valence-corrected chi connectivity index (χ2v) is 6.46. The smallest absolute Gasteiger partial charge is 0.277 e. The van der Waals surface area contributed by atoms with Crippen LogP contribution in [-0.4, -0.2) is 23.7 Å². The van der Waals surface area contributed by atoms with Crippen molar-refractivity contribution in [2.24, 2.45) is 0 Å². The van der Waals surface area contributed by atoms with E-state index in [9.17, 15) is 18.0 Å². The van der Waals surface area contributed by atoms with Crippen molar-refractivity contribution in [3.63, 3.8) is 0 Å². The van der Waals surface area contributed by atoms with Crippen molar-refractivity contribution >= 4 is 33.2 Å². The van der Waals surface area contributed by atoms with Gasteiger partial charge in [0.1, 0.15) is 12.4 Å². The Bertz CT molecular complexity index is 833. The van der Waals surface area contributed by atoms with Crippen molar-refractivity contribution in [1.29, 1.82) is 0 Å². The highest BCUT2D eigenvalue weighted by molar-refractivity contribution is 9.10. The van der Waals surface area contributed by atoms with Crippen molar-refractivity contribution in [1.82, 2.24) is 5.48 Å². The molecule has 0 aliphatic heterocycles. The zero-order valence-electron chi connectivity index (χ0n) is 15.9. The van der Waals surface area contributed by atoms with Crippen LogP contribution in [0.1, 0.15) is 36.7 Å². The topological polar surface area (TPSA) is 70.6 Å². The third-order valence-corrected chi connectivity index (χ3v) is 3.86. The number of aliphatic hydroxyl groups excluding tert-OH is 1. The number of halogens is 4. The minimum absolute atomic E-state index is 0.129. The first-order valence-electron chi connectivity index (χ1n) is 8.51. The summed E-state index contributed by atoms with van der Waals surface area (Å²) in [5.41, 5.74) is 1.65. The highest BCUT2D eigenvalue weighted by Crippen LogP contribution is 2.32. The number of aliphatic hydroxyl groups is 1. The Morgan fingerprint density at radius 2 is 1.86 bits per heavy atom. The summed E-state index contributed by atoms with van der Waals surface area (Å²) in [6, 6.07) is 5.16. The van der Waals surface area contributed by atoms with Crippen molar-refractivity contribution in [3.05, 3.63) is 57.3 Å². The first-order chi connectivity index (χ1) is 13.2. The van der Waals surface area contributed by atoms with Gasteiger partial charge in [0.15, 0.2) is 11.6 Å². The third kappa shape index (κ3) is 6.22. The van der Waals surface area contributed by atoms with Gasteiger partial charge in [-0.1, -0.05) is 19.9 Å². The lowest BCUT2D eigenvalue weighted by Gasteiger charge is -2.15. The van der Waals surface area contributed by atoms with Gasteiger partial charge in [0.25, 0.3) is 5.91 Å². The van der Waals surface area contributed by atoms with E-state index in [1.165, 1.54) is 19.1 Å². The van der Waals surface area contributed by atoms with E-state index in [0.29, 0.717) is 5.56 Å². The number of hydroxylamine groups is 1. The highest BCUT2D eigenvalue weighted by Gasteiger charge is 2.23. The lowest BCUT2D eigenvalue weighted by molar-refractivity contribution is -0.00684. The summed E-state index contributed by atoms with van der Waals surface area (Å²) in [5.74, 6) is -4.19. The van der Waals surface area contributed by atoms with Crippen molar-refractivity contribution in [2.45, 2.75) is 33.8 Å². The maximum atomic E-state index is 14.4. The number of anilines is 2. The van der Waals surface area contributed by atoms with Crippen LogP contribution in [-0.2, 0) is 4.84 Å². The van der Waals surface area contributed by atoms with Gasteiger partial charge in [0, 0.05) is 0 Å². The van der Waals surface area contributed by atoms with E-state index in [0.717, 1.165) is 6.07 Å². The van der Waals surface area contributed by atoms with Crippen LogP contribution in [0.25, 0.3) is 0 Å². The molecule has 3 N–H and O–H groups in total. The first-order valence-corrected chi connectivity index (χ1v) is 9.31. The molecule has 28 heavy (non-hydrogen) atoms. The third-order valence-electron chi connectivity index (χ3n) is 3.28. The number of aryl methyl sites for hydroxylation is 1. The number of nitrogens with one attached hydrogen (secondary N) is 2. The minimum atomic E-state index is -1.36. The molecule has 1 amide bonds. The van der Waals surface area contributed by atoms with Crippen LogP contribution in [0.4, 0.5) is 24.5 Å². The number of hydrogen-bond acceptors (Lipinski definition) is 4. The van der Waals surface area contributed by atoms with Gasteiger partial charge < -0.3 is 10.4 Å². The monoisotopic (exact) mass is 462 g/mol. The summed E-state index contributed by atoms with van der Waals surface area (Å²) in [5, 5.41) is 11.5. The maximum absolute atomic E-state index is 14.4. The average Bonchev–Trinajstić information content (AvgIpc) is 2.65. The second-order valence-electron chi connectivity index (χ2n) is 5.61. The predicted octanol–water partition coefficient (Wildman–Crippen LogP) is 4.99. The number of carbonyl (C=O) groups excluding carboxylic acids is 1. The standard InChI is InChI=1S/C17H16BrF3N2O3.C2H6/c1-8-3-4-13(12(19)5-8)22-16-10(6-11(18)14(20)15(16)21)17(25)23-26-7-9(2)24;1-2/h3-6,9,22,24H,7H2,1-2H3,(H,23,25);1-2H3. The molecule has 0 saturated heterocycles. The summed E-state index contributed by atoms with van der Waals surface area (Å²) >= 11 is 2.82. The molecule has 1 atom stereocenters. The van der Waals surface area contributed by atoms with E-state index >= 15 is 0 Å². The van der Waals surface area contributed by atoms with Gasteiger partial charge in [-0.2, -0.15) is 0 Å². The molecule has 0 aliphatic rings. The van der Waals surface area contributed by atoms with Gasteiger partial charge in [-0.3, -0.25) is 9.63 Å². The van der Waals surface area contributed by atoms with Crippen LogP contribution in [0.15, 0.2) is 28.7 Å². The molecule has 0 spiro atoms. The van der Waals surface area contributed by atoms with E-state index in [2.05, 4.69) is 21.2 Å². The van der Waals surface area contributed by atoms with Crippen LogP contribution in [0.3, 0.4) is 0 Å². The fourth-order valence-corrected chi connectivity index (χ4v) is 2.44. The van der Waals surface area contributed by atoms with Crippen molar-refractivity contribution < 1.29 is 27.9 Å². The SMILES string of the molecule is CC.Cc1ccc(Nc2c(C(=O)NOCC(C)O)cc(Br)c(F)c2F)c(F)c1. The Morgan fingerprint density at radius 1 is 1.21 bits per heavy atom. The van der Waals surface area contributed by atoms with Gasteiger partial charge in [-0.05, 0) is 53.5 Å². The van der Waals surface area contributed by atoms with Crippen LogP contribution in [0.5, 0.6) is 0 Å². The second kappa shape index (κ2) is 11.0. The molecule has 2 aromatic carbocycles. The van der Waals surface area contributed by atoms with Gasteiger partial charge in [0.2, 0.25) is 0 Å². The molecule has 1 unspecified atom stereocenters. The highest BCUT2D eigenvalue weighted by atomic mass is 79.9. The van der Waals surface area contributed by atoms with Crippen molar-refractivity contribution in [2.75, 3.05) is 11.9 Å². The normalized spacial score (nSPS) is 11.3. The zero-order chi connectivity index (χ0) is 21.4. The summed E-state index contributed by atoms with van der Waals surface area (Å²) in [6.07, 6.45) is -0.841. The quantitative estimate of drug-likeness (QED) is 0.417. The maximum Gasteiger partial charge on any atom is 0.277 e. The molecular weight excluding hydrogens is 441 g/mol. The summed E-state index contributed by atoms with van der Waals surface area (Å²) in [4.78, 5) is 17.0. The van der Waals surface area contributed by atoms with Crippen LogP contribution in [0.2, 0.25) is 0 Å². The fraction of sp³-hybridized carbons (Fsp3) is 0.316. The lowest BCUT2D eigenvalue weighted by atomic mass is 10.1. The molecule has 0 aliphatic carbocycles. The van der Waals surface area contributed by atoms with E-state index in [1.54, 1.807) is 13.0 Å². The van der Waals surface area contributed by atoms with Gasteiger partial charge >= 0.3 is 0 Å². The number of carbonyl (C=O) groups is 1. The van der Waals surface area contributed by atoms with Gasteiger partial charge in [-0.25, -0.2) is 18.7 Å². The van der Waals surface area contributed by atoms with E-state index in [1.807, 2.05) is 19.3 Å². The summed E-state index contributed by atoms with van der Waals surface area (Å²) < 4.78 is 42.0. The largest absolute Gasteiger partial charge is 0.391 e. The Hall–Kier alpha value is -2.10. The summed E-state index contributed by atoms with van der Waals surface area (Å²) in [6.45, 7) is 6.91. The average molecular weight is 463 g/mol. The Kier molecular flexibility index (Phi) is 9.44. The number of rotatable bonds is 6. The molecule has 5 nitrogen and oxygen atoms in total. The Balaban J connectivity index is 0.00000190. The molecular formula is C19H22BrF3N2O3. The van der Waals surface area contributed by atoms with E-state index in [-0.39, 0.29) is 22.3 Å². The Morgan fingerprint density at radius 3 is 2.43 bits per heavy atom. The zero-order valence-corrected chi connectivity index (χ0v) is 17.5. The minimum Gasteiger partial charge on any atom is -0.391 e. The molecule has 9 heteroatoms. The fourth-order valence-electron chi connectivity index (χ4n) is 2.04. The molecule has 0 bridgehead atoms. The molecule has 0 heterocycles. The molecule has 0 radical (unpaired) electrons. The van der Waals surface area contributed by atoms with Crippen LogP contribution < -0.4 is 10.8 Å². The Labute approximate surface area is 170 Å². The number of hydrogen-bond donors (Lipinski definition) is 3. The molecule has 0 saturated carbocycles. The molecule has 2 aromatic rings. The first kappa shape index (κ1) is 23.9. The van der Waals surface area contributed by atoms with Gasteiger partial charge in [0.05, 0.1) is 27.5 Å². The number of benzene rings is 2. The molecule has 154 valence electrons. The lowest BCUT2D eigenvalue weighted by Crippen LogP contribution is -2.28. The number of amides is 1. The molecule has 2 rings (SSSR count). The van der Waals surface area contributed by atoms with Gasteiger partial charge in [-0.15, -0.1) is 0 Å². The molecule has 0 aromatic heterocycles. The van der Waals surface area contributed by atoms with Crippen LogP contribution >= 0.6 is 15.9 Å². The van der Waals surface area contributed by atoms with Crippen molar-refractivity contribution in [3.8, 4) is 0 Å². The van der Waals surface area contributed by atoms with E-state index < -0.39 is 35.2 Å². The predicted molar refractivity (Wildman–Crippen MR) is 105 cm³/mol. The summed E-state index contributed by atoms with van der Waals surface area (Å²) in [7, 11) is 0.